The Bertz CT molecular complexity index is 1010. The van der Waals surface area contributed by atoms with E-state index in [1.165, 1.54) is 54.9 Å². The Balaban J connectivity index is 1.98. The number of carbonyl (C=O) groups is 1. The molecule has 1 N–H and O–H groups in total. The number of hydrogen-bond acceptors (Lipinski definition) is 3. The van der Waals surface area contributed by atoms with Crippen molar-refractivity contribution in [1.29, 1.82) is 0 Å². The summed E-state index contributed by atoms with van der Waals surface area (Å²) in [6.45, 7) is 1.03. The number of nitrogens with one attached hydrogen (secondary N) is 1. The van der Waals surface area contributed by atoms with Gasteiger partial charge in [0.1, 0.15) is 16.7 Å². The second kappa shape index (κ2) is 9.29. The molecule has 4 nitrogen and oxygen atoms in total. The maximum absolute atomic E-state index is 13.5. The number of hydrogen-bond donors (Lipinski definition) is 1. The van der Waals surface area contributed by atoms with Crippen molar-refractivity contribution in [1.82, 2.24) is 10.2 Å². The molecule has 1 fully saturated rings. The second-order valence-electron chi connectivity index (χ2n) is 7.90. The summed E-state index contributed by atoms with van der Waals surface area (Å²) in [4.78, 5) is 13.8. The summed E-state index contributed by atoms with van der Waals surface area (Å²) in [5.41, 5.74) is -3.98. The van der Waals surface area contributed by atoms with Gasteiger partial charge in [-0.2, -0.15) is 26.3 Å². The van der Waals surface area contributed by atoms with Crippen LogP contribution >= 0.6 is 11.8 Å². The lowest BCUT2D eigenvalue weighted by atomic mass is 9.90. The van der Waals surface area contributed by atoms with Crippen LogP contribution in [0.3, 0.4) is 0 Å². The maximum atomic E-state index is 13.5. The third-order valence-electron chi connectivity index (χ3n) is 5.65. The van der Waals surface area contributed by atoms with Crippen molar-refractivity contribution in [2.75, 3.05) is 19.9 Å². The van der Waals surface area contributed by atoms with Crippen molar-refractivity contribution < 1.29 is 40.3 Å². The van der Waals surface area contributed by atoms with Crippen LogP contribution in [0.15, 0.2) is 42.5 Å². The van der Waals surface area contributed by atoms with E-state index < -0.39 is 52.3 Å². The first-order valence-corrected chi connectivity index (χ1v) is 11.2. The van der Waals surface area contributed by atoms with Gasteiger partial charge < -0.3 is 15.0 Å². The van der Waals surface area contributed by atoms with E-state index in [2.05, 4.69) is 5.32 Å². The Labute approximate surface area is 195 Å². The molecule has 2 aromatic carbocycles. The first-order chi connectivity index (χ1) is 15.7. The third-order valence-corrected chi connectivity index (χ3v) is 6.81. The van der Waals surface area contributed by atoms with Crippen LogP contribution in [0.25, 0.3) is 0 Å². The Hall–Kier alpha value is -2.47. The van der Waals surface area contributed by atoms with E-state index >= 15 is 0 Å². The van der Waals surface area contributed by atoms with E-state index in [1.807, 2.05) is 0 Å². The van der Waals surface area contributed by atoms with Crippen LogP contribution in [-0.4, -0.2) is 36.2 Å². The largest absolute Gasteiger partial charge is 0.416 e. The topological polar surface area (TPSA) is 41.6 Å². The fourth-order valence-corrected chi connectivity index (χ4v) is 4.93. The monoisotopic (exact) mass is 510 g/mol. The minimum Gasteiger partial charge on any atom is -0.371 e. The van der Waals surface area contributed by atoms with Crippen LogP contribution in [-0.2, 0) is 22.6 Å². The Kier molecular flexibility index (Phi) is 7.14. The lowest BCUT2D eigenvalue weighted by Crippen LogP contribution is -2.49. The number of benzene rings is 2. The Morgan fingerprint density at radius 1 is 1.06 bits per heavy atom. The van der Waals surface area contributed by atoms with Crippen LogP contribution in [0.1, 0.15) is 35.3 Å². The molecule has 12 heteroatoms. The number of rotatable bonds is 6. The molecule has 0 aliphatic carbocycles. The van der Waals surface area contributed by atoms with Crippen molar-refractivity contribution in [3.8, 4) is 0 Å². The zero-order chi connectivity index (χ0) is 25.5. The van der Waals surface area contributed by atoms with Crippen LogP contribution < -0.4 is 5.32 Å². The van der Waals surface area contributed by atoms with Gasteiger partial charge in [-0.25, -0.2) is 9.18 Å². The predicted octanol–water partition coefficient (Wildman–Crippen LogP) is 6.18. The minimum atomic E-state index is -4.99. The average molecular weight is 510 g/mol. The van der Waals surface area contributed by atoms with Crippen molar-refractivity contribution in [3.63, 3.8) is 0 Å². The molecule has 1 saturated heterocycles. The predicted molar refractivity (Wildman–Crippen MR) is 112 cm³/mol. The van der Waals surface area contributed by atoms with Crippen molar-refractivity contribution in [2.45, 2.75) is 36.3 Å². The Morgan fingerprint density at radius 2 is 1.59 bits per heavy atom. The number of urea groups is 1. The molecule has 0 spiro atoms. The zero-order valence-corrected chi connectivity index (χ0v) is 19.0. The molecule has 2 aromatic rings. The van der Waals surface area contributed by atoms with Gasteiger partial charge in [0.15, 0.2) is 0 Å². The molecular weight excluding hydrogens is 489 g/mol. The molecule has 1 aliphatic heterocycles. The highest BCUT2D eigenvalue weighted by molar-refractivity contribution is 7.99. The minimum absolute atomic E-state index is 0.0478. The van der Waals surface area contributed by atoms with Crippen LogP contribution in [0.5, 0.6) is 0 Å². The van der Waals surface area contributed by atoms with Gasteiger partial charge in [0.05, 0.1) is 23.8 Å². The van der Waals surface area contributed by atoms with Gasteiger partial charge >= 0.3 is 18.4 Å². The highest BCUT2D eigenvalue weighted by Crippen LogP contribution is 2.41. The summed E-state index contributed by atoms with van der Waals surface area (Å²) in [7, 11) is 1.54. The molecule has 0 saturated carbocycles. The summed E-state index contributed by atoms with van der Waals surface area (Å²) in [6, 6.07) is 6.06. The number of thioether (sulfide) groups is 1. The molecule has 3 atom stereocenters. The van der Waals surface area contributed by atoms with E-state index in [0.29, 0.717) is 17.7 Å². The molecule has 2 amide bonds. The molecule has 0 bridgehead atoms. The smallest absolute Gasteiger partial charge is 0.371 e. The Morgan fingerprint density at radius 3 is 2.06 bits per heavy atom. The standard InChI is InChI=1S/C22H21F7N2O2S/c1-12(13-8-15(21(24,25)26)10-16(9-13)22(27,28)29)33-11-20(14-4-6-17(23)7-5-14)18(34-3)31(2)19(32)30-20/h4-10,12,18H,11H2,1-3H3,(H,30,32)/t12-,18?,20-/m1/s1. The van der Waals surface area contributed by atoms with Crippen LogP contribution in [0.2, 0.25) is 0 Å². The highest BCUT2D eigenvalue weighted by atomic mass is 32.2. The second-order valence-corrected chi connectivity index (χ2v) is 8.82. The number of carbonyl (C=O) groups excluding carboxylic acids is 1. The molecule has 1 heterocycles. The van der Waals surface area contributed by atoms with Crippen LogP contribution in [0.4, 0.5) is 35.5 Å². The molecule has 0 radical (unpaired) electrons. The lowest BCUT2D eigenvalue weighted by molar-refractivity contribution is -0.143. The van der Waals surface area contributed by atoms with Gasteiger partial charge in [0.2, 0.25) is 0 Å². The molecular formula is C22H21F7N2O2S. The molecule has 1 unspecified atom stereocenters. The van der Waals surface area contributed by atoms with E-state index in [4.69, 9.17) is 4.74 Å². The number of likely N-dealkylation sites (N-methyl/N-ethyl adjacent to an activating group) is 1. The normalized spacial score (nSPS) is 22.1. The van der Waals surface area contributed by atoms with Crippen molar-refractivity contribution in [2.24, 2.45) is 0 Å². The van der Waals surface area contributed by atoms with Gasteiger partial charge in [-0.1, -0.05) is 12.1 Å². The molecule has 34 heavy (non-hydrogen) atoms. The first kappa shape index (κ1) is 26.1. The van der Waals surface area contributed by atoms with E-state index in [-0.39, 0.29) is 18.2 Å². The van der Waals surface area contributed by atoms with Gasteiger partial charge in [-0.05, 0) is 54.6 Å². The summed E-state index contributed by atoms with van der Waals surface area (Å²) >= 11 is 1.28. The van der Waals surface area contributed by atoms with Crippen molar-refractivity contribution in [3.05, 3.63) is 70.5 Å². The summed E-state index contributed by atoms with van der Waals surface area (Å²) in [6.07, 6.45) is -9.44. The van der Waals surface area contributed by atoms with Gasteiger partial charge in [0.25, 0.3) is 0 Å². The number of nitrogens with zero attached hydrogens (tertiary/aromatic N) is 1. The molecule has 0 aromatic heterocycles. The van der Waals surface area contributed by atoms with E-state index in [0.717, 1.165) is 0 Å². The summed E-state index contributed by atoms with van der Waals surface area (Å²) in [5.74, 6) is -0.518. The number of ether oxygens (including phenoxy) is 1. The fourth-order valence-electron chi connectivity index (χ4n) is 3.86. The zero-order valence-electron chi connectivity index (χ0n) is 18.2. The van der Waals surface area contributed by atoms with Gasteiger partial charge in [-0.3, -0.25) is 0 Å². The van der Waals surface area contributed by atoms with E-state index in [9.17, 15) is 35.5 Å². The van der Waals surface area contributed by atoms with Gasteiger partial charge in [0, 0.05) is 7.05 Å². The maximum Gasteiger partial charge on any atom is 0.416 e. The molecule has 1 aliphatic rings. The van der Waals surface area contributed by atoms with Gasteiger partial charge in [-0.15, -0.1) is 11.8 Å². The highest BCUT2D eigenvalue weighted by Gasteiger charge is 2.51. The summed E-state index contributed by atoms with van der Waals surface area (Å²) < 4.78 is 98.7. The number of halogens is 7. The van der Waals surface area contributed by atoms with E-state index in [1.54, 1.807) is 6.26 Å². The lowest BCUT2D eigenvalue weighted by Gasteiger charge is -2.36. The fraction of sp³-hybridized carbons (Fsp3) is 0.409. The number of amides is 2. The van der Waals surface area contributed by atoms with Crippen molar-refractivity contribution >= 4 is 17.8 Å². The number of alkyl halides is 6. The SMILES string of the molecule is CSC1N(C)C(=O)N[C@]1(CO[C@H](C)c1cc(C(F)(F)F)cc(C(F)(F)F)c1)c1ccc(F)cc1. The summed E-state index contributed by atoms with van der Waals surface area (Å²) in [5, 5.41) is 2.24. The quantitative estimate of drug-likeness (QED) is 0.472. The van der Waals surface area contributed by atoms with Crippen LogP contribution in [0, 0.1) is 5.82 Å². The third kappa shape index (κ3) is 5.12. The average Bonchev–Trinajstić information content (AvgIpc) is 3.01. The molecule has 3 rings (SSSR count). The first-order valence-electron chi connectivity index (χ1n) is 9.94. The molecule has 186 valence electrons.